The molecule has 1 atom stereocenters. The molecule has 0 amide bonds. The molecule has 1 unspecified atom stereocenters. The van der Waals surface area contributed by atoms with E-state index in [9.17, 15) is 4.79 Å². The molecule has 0 saturated carbocycles. The Bertz CT molecular complexity index is 1320. The van der Waals surface area contributed by atoms with Crippen LogP contribution in [0, 0.1) is 5.41 Å². The minimum atomic E-state index is -0.326. The number of nitrogens with one attached hydrogen (secondary N) is 1. The van der Waals surface area contributed by atoms with Crippen LogP contribution in [0.5, 0.6) is 5.75 Å². The van der Waals surface area contributed by atoms with Crippen LogP contribution in [0.1, 0.15) is 50.8 Å². The third-order valence-corrected chi connectivity index (χ3v) is 7.63. The van der Waals surface area contributed by atoms with Gasteiger partial charge in [0, 0.05) is 17.7 Å². The van der Waals surface area contributed by atoms with E-state index < -0.39 is 0 Å². The van der Waals surface area contributed by atoms with E-state index in [2.05, 4.69) is 31.1 Å². The van der Waals surface area contributed by atoms with Gasteiger partial charge in [-0.2, -0.15) is 4.98 Å². The summed E-state index contributed by atoms with van der Waals surface area (Å²) in [6.07, 6.45) is 1.30. The highest BCUT2D eigenvalue weighted by molar-refractivity contribution is 7.99. The quantitative estimate of drug-likeness (QED) is 0.349. The molecule has 35 heavy (non-hydrogen) atoms. The third-order valence-electron chi connectivity index (χ3n) is 6.17. The summed E-state index contributed by atoms with van der Waals surface area (Å²) in [4.78, 5) is 18.0. The fourth-order valence-electron chi connectivity index (χ4n) is 4.63. The molecule has 0 bridgehead atoms. The number of carbonyl (C=O) groups excluding carboxylic acids is 1. The van der Waals surface area contributed by atoms with Crippen molar-refractivity contribution in [2.24, 2.45) is 5.41 Å². The number of hydrogen-bond acceptors (Lipinski definition) is 6. The van der Waals surface area contributed by atoms with Crippen LogP contribution in [-0.2, 0) is 11.4 Å². The summed E-state index contributed by atoms with van der Waals surface area (Å²) >= 11 is 13.7. The molecule has 182 valence electrons. The fraction of sp³-hybridized carbons (Fsp3) is 0.346. The molecule has 2 aromatic carbocycles. The third kappa shape index (κ3) is 4.95. The first-order chi connectivity index (χ1) is 16.7. The van der Waals surface area contributed by atoms with Crippen LogP contribution in [0.4, 0.5) is 5.95 Å². The molecule has 3 aromatic rings. The number of carbonyl (C=O) groups is 1. The second kappa shape index (κ2) is 9.52. The van der Waals surface area contributed by atoms with E-state index in [1.807, 2.05) is 35.0 Å². The van der Waals surface area contributed by atoms with Crippen LogP contribution in [-0.4, -0.2) is 26.3 Å². The van der Waals surface area contributed by atoms with E-state index in [4.69, 9.17) is 33.0 Å². The van der Waals surface area contributed by atoms with Gasteiger partial charge in [0.05, 0.1) is 10.0 Å². The number of allylic oxidation sites excluding steroid dienone is 2. The molecular formula is C26H26Cl2N4O2S. The Morgan fingerprint density at radius 1 is 1.14 bits per heavy atom. The summed E-state index contributed by atoms with van der Waals surface area (Å²) in [6.45, 7) is 6.70. The van der Waals surface area contributed by atoms with E-state index in [-0.39, 0.29) is 17.2 Å². The lowest BCUT2D eigenvalue weighted by atomic mass is 9.73. The average molecular weight is 529 g/mol. The lowest BCUT2D eigenvalue weighted by molar-refractivity contribution is -0.118. The normalized spacial score (nSPS) is 18.7. The number of benzene rings is 2. The molecule has 5 rings (SSSR count). The van der Waals surface area contributed by atoms with Crippen LogP contribution in [0.15, 0.2) is 58.9 Å². The monoisotopic (exact) mass is 528 g/mol. The number of hydrogen-bond donors (Lipinski definition) is 1. The Kier molecular flexibility index (Phi) is 6.59. The number of fused-ring (bicyclic) bond motifs is 1. The van der Waals surface area contributed by atoms with Crippen molar-refractivity contribution in [3.05, 3.63) is 74.9 Å². The molecule has 1 aliphatic heterocycles. The summed E-state index contributed by atoms with van der Waals surface area (Å²) in [6, 6.07) is 13.0. The van der Waals surface area contributed by atoms with Crippen molar-refractivity contribution < 1.29 is 9.53 Å². The fourth-order valence-corrected chi connectivity index (χ4v) is 5.51. The second-order valence-electron chi connectivity index (χ2n) is 9.56. The van der Waals surface area contributed by atoms with E-state index in [0.717, 1.165) is 40.3 Å². The maximum absolute atomic E-state index is 13.3. The number of ether oxygens (including phenoxy) is 1. The van der Waals surface area contributed by atoms with Crippen LogP contribution < -0.4 is 10.1 Å². The van der Waals surface area contributed by atoms with E-state index >= 15 is 0 Å². The molecular weight excluding hydrogens is 503 g/mol. The number of thioether (sulfide) groups is 1. The van der Waals surface area contributed by atoms with Gasteiger partial charge in [0.1, 0.15) is 18.4 Å². The minimum absolute atomic E-state index is 0.0983. The summed E-state index contributed by atoms with van der Waals surface area (Å²) in [7, 11) is 0. The van der Waals surface area contributed by atoms with Gasteiger partial charge in [0.2, 0.25) is 11.1 Å². The Hall–Kier alpha value is -2.48. The lowest BCUT2D eigenvalue weighted by Gasteiger charge is -2.38. The smallest absolute Gasteiger partial charge is 0.227 e. The molecule has 0 saturated heterocycles. The van der Waals surface area contributed by atoms with Crippen molar-refractivity contribution in [3.63, 3.8) is 0 Å². The highest BCUT2D eigenvalue weighted by Crippen LogP contribution is 2.45. The number of anilines is 1. The van der Waals surface area contributed by atoms with Gasteiger partial charge in [0.25, 0.3) is 0 Å². The molecule has 2 heterocycles. The van der Waals surface area contributed by atoms with E-state index in [1.165, 1.54) is 0 Å². The Balaban J connectivity index is 1.45. The average Bonchev–Trinajstić information content (AvgIpc) is 3.20. The minimum Gasteiger partial charge on any atom is -0.489 e. The van der Waals surface area contributed by atoms with Gasteiger partial charge in [-0.1, -0.05) is 73.9 Å². The van der Waals surface area contributed by atoms with Crippen molar-refractivity contribution in [2.75, 3.05) is 11.1 Å². The largest absolute Gasteiger partial charge is 0.489 e. The van der Waals surface area contributed by atoms with Gasteiger partial charge in [-0.25, -0.2) is 4.68 Å². The molecule has 0 radical (unpaired) electrons. The number of nitrogens with zero attached hydrogens (tertiary/aromatic N) is 3. The van der Waals surface area contributed by atoms with Crippen LogP contribution >= 0.6 is 35.0 Å². The Morgan fingerprint density at radius 2 is 1.91 bits per heavy atom. The number of Topliss-reactive ketones (excluding diaryl/α,β-unsaturated/α-hetero) is 1. The highest BCUT2D eigenvalue weighted by atomic mass is 35.5. The Labute approximate surface area is 219 Å². The zero-order valence-electron chi connectivity index (χ0n) is 19.8. The summed E-state index contributed by atoms with van der Waals surface area (Å²) in [5, 5.41) is 9.87. The van der Waals surface area contributed by atoms with Crippen LogP contribution in [0.2, 0.25) is 10.0 Å². The van der Waals surface area contributed by atoms with Crippen LogP contribution in [0.3, 0.4) is 0 Å². The lowest BCUT2D eigenvalue weighted by Crippen LogP contribution is -2.36. The summed E-state index contributed by atoms with van der Waals surface area (Å²) < 4.78 is 7.80. The Morgan fingerprint density at radius 3 is 2.63 bits per heavy atom. The van der Waals surface area contributed by atoms with Crippen molar-refractivity contribution in [1.82, 2.24) is 14.8 Å². The zero-order valence-corrected chi connectivity index (χ0v) is 22.1. The first-order valence-corrected chi connectivity index (χ1v) is 13.3. The van der Waals surface area contributed by atoms with Crippen LogP contribution in [0.25, 0.3) is 0 Å². The molecule has 9 heteroatoms. The van der Waals surface area contributed by atoms with Crippen molar-refractivity contribution in [2.45, 2.75) is 51.4 Å². The first kappa shape index (κ1) is 24.2. The number of ketones is 1. The standard InChI is InChI=1S/C26H26Cl2N4O2S/c1-4-35-25-30-24-29-20-12-26(2,3)13-21(33)22(20)23(32(24)31-25)16-6-8-17(9-7-16)34-14-15-5-10-18(27)19(28)11-15/h5-11,23H,4,12-14H2,1-3H3,(H,29,30,31). The van der Waals surface area contributed by atoms with Crippen molar-refractivity contribution >= 4 is 46.7 Å². The predicted molar refractivity (Wildman–Crippen MR) is 140 cm³/mol. The van der Waals surface area contributed by atoms with Gasteiger partial charge in [-0.3, -0.25) is 4.79 Å². The van der Waals surface area contributed by atoms with Crippen molar-refractivity contribution in [1.29, 1.82) is 0 Å². The molecule has 0 spiro atoms. The SMILES string of the molecule is CCSc1nc2n(n1)C(c1ccc(OCc3ccc(Cl)c(Cl)c3)cc1)C1=C(CC(C)(C)CC1=O)N2. The van der Waals surface area contributed by atoms with Gasteiger partial charge < -0.3 is 10.1 Å². The molecule has 1 aliphatic carbocycles. The topological polar surface area (TPSA) is 69.0 Å². The molecule has 6 nitrogen and oxygen atoms in total. The number of rotatable bonds is 6. The van der Waals surface area contributed by atoms with E-state index in [1.54, 1.807) is 23.9 Å². The maximum Gasteiger partial charge on any atom is 0.227 e. The summed E-state index contributed by atoms with van der Waals surface area (Å²) in [5.41, 5.74) is 3.52. The number of halogens is 2. The van der Waals surface area contributed by atoms with Gasteiger partial charge >= 0.3 is 0 Å². The molecule has 1 N–H and O–H groups in total. The van der Waals surface area contributed by atoms with Crippen molar-refractivity contribution in [3.8, 4) is 5.75 Å². The second-order valence-corrected chi connectivity index (χ2v) is 11.6. The predicted octanol–water partition coefficient (Wildman–Crippen LogP) is 6.93. The van der Waals surface area contributed by atoms with Gasteiger partial charge in [0.15, 0.2) is 5.78 Å². The van der Waals surface area contributed by atoms with Gasteiger partial charge in [-0.05, 0) is 53.0 Å². The van der Waals surface area contributed by atoms with E-state index in [0.29, 0.717) is 34.2 Å². The number of aromatic nitrogens is 3. The highest BCUT2D eigenvalue weighted by Gasteiger charge is 2.41. The molecule has 1 aromatic heterocycles. The molecule has 2 aliphatic rings. The summed E-state index contributed by atoms with van der Waals surface area (Å²) in [5.74, 6) is 2.42. The van der Waals surface area contributed by atoms with Gasteiger partial charge in [-0.15, -0.1) is 5.10 Å². The molecule has 0 fully saturated rings. The maximum atomic E-state index is 13.3. The zero-order chi connectivity index (χ0) is 24.7. The first-order valence-electron chi connectivity index (χ1n) is 11.5.